The Morgan fingerprint density at radius 3 is 2.09 bits per heavy atom. The van der Waals surface area contributed by atoms with Crippen LogP contribution in [0.1, 0.15) is 32.3 Å². The Morgan fingerprint density at radius 1 is 0.907 bits per heavy atom. The minimum Gasteiger partial charge on any atom is -0.493 e. The summed E-state index contributed by atoms with van der Waals surface area (Å²) in [6, 6.07) is 14.2. The normalized spacial score (nSPS) is 11.9. The van der Waals surface area contributed by atoms with Crippen LogP contribution in [0.15, 0.2) is 65.6 Å². The molecule has 0 radical (unpaired) electrons. The summed E-state index contributed by atoms with van der Waals surface area (Å²) in [6.07, 6.45) is 0.951. The van der Waals surface area contributed by atoms with Crippen LogP contribution in [0.3, 0.4) is 0 Å². The number of ether oxygens (including phenoxy) is 2. The Hall–Kier alpha value is -3.18. The van der Waals surface area contributed by atoms with Gasteiger partial charge in [0.25, 0.3) is 10.0 Å². The number of carbonyl (C=O) groups is 2. The molecule has 0 saturated heterocycles. The molecule has 1 atom stereocenters. The van der Waals surface area contributed by atoms with Crippen LogP contribution in [0, 0.1) is 0 Å². The number of anilines is 1. The molecule has 3 rings (SSSR count). The van der Waals surface area contributed by atoms with Gasteiger partial charge in [-0.1, -0.05) is 54.7 Å². The lowest BCUT2D eigenvalue weighted by molar-refractivity contribution is -0.140. The van der Waals surface area contributed by atoms with Crippen molar-refractivity contribution in [2.45, 2.75) is 44.2 Å². The molecule has 13 heteroatoms. The number of nitrogens with zero attached hydrogens (tertiary/aromatic N) is 2. The molecule has 1 N–H and O–H groups in total. The number of amides is 2. The van der Waals surface area contributed by atoms with E-state index < -0.39 is 28.5 Å². The first-order valence-electron chi connectivity index (χ1n) is 13.5. The second-order valence-corrected chi connectivity index (χ2v) is 12.6. The molecule has 0 aromatic heterocycles. The van der Waals surface area contributed by atoms with Crippen LogP contribution in [0.4, 0.5) is 5.69 Å². The molecule has 0 spiro atoms. The number of hydrogen-bond donors (Lipinski definition) is 1. The molecule has 0 aliphatic heterocycles. The van der Waals surface area contributed by atoms with Crippen molar-refractivity contribution < 1.29 is 27.5 Å². The largest absolute Gasteiger partial charge is 0.493 e. The Morgan fingerprint density at radius 2 is 1.53 bits per heavy atom. The van der Waals surface area contributed by atoms with Gasteiger partial charge in [-0.3, -0.25) is 13.9 Å². The molecule has 0 aliphatic rings. The summed E-state index contributed by atoms with van der Waals surface area (Å²) in [5.74, 6) is -0.489. The van der Waals surface area contributed by atoms with Crippen LogP contribution in [-0.4, -0.2) is 58.5 Å². The zero-order chi connectivity index (χ0) is 31.7. The maximum atomic E-state index is 14.2. The van der Waals surface area contributed by atoms with Crippen LogP contribution in [0.5, 0.6) is 11.5 Å². The minimum absolute atomic E-state index is 0.125. The number of nitrogens with one attached hydrogen (secondary N) is 1. The fourth-order valence-electron chi connectivity index (χ4n) is 4.38. The number of hydrogen-bond acceptors (Lipinski definition) is 6. The molecule has 43 heavy (non-hydrogen) atoms. The fraction of sp³-hybridized carbons (Fsp3) is 0.333. The zero-order valence-electron chi connectivity index (χ0n) is 24.3. The van der Waals surface area contributed by atoms with Gasteiger partial charge in [-0.05, 0) is 61.4 Å². The molecular weight excluding hydrogens is 637 g/mol. The second-order valence-electron chi connectivity index (χ2n) is 9.44. The molecule has 0 unspecified atom stereocenters. The Balaban J connectivity index is 2.12. The van der Waals surface area contributed by atoms with E-state index in [9.17, 15) is 18.0 Å². The van der Waals surface area contributed by atoms with Gasteiger partial charge in [-0.15, -0.1) is 0 Å². The molecule has 3 aromatic carbocycles. The van der Waals surface area contributed by atoms with E-state index in [-0.39, 0.29) is 35.2 Å². The Bertz CT molecular complexity index is 1520. The average molecular weight is 671 g/mol. The summed E-state index contributed by atoms with van der Waals surface area (Å²) in [6.45, 7) is 3.33. The first-order valence-corrected chi connectivity index (χ1v) is 16.1. The van der Waals surface area contributed by atoms with Gasteiger partial charge in [0.1, 0.15) is 12.6 Å². The highest BCUT2D eigenvalue weighted by Crippen LogP contribution is 2.33. The highest BCUT2D eigenvalue weighted by molar-refractivity contribution is 7.92. The predicted octanol–water partition coefficient (Wildman–Crippen LogP) is 6.19. The van der Waals surface area contributed by atoms with Crippen molar-refractivity contribution in [3.05, 3.63) is 81.3 Å². The summed E-state index contributed by atoms with van der Waals surface area (Å²) >= 11 is 19.0. The van der Waals surface area contributed by atoms with Gasteiger partial charge in [0.15, 0.2) is 11.5 Å². The van der Waals surface area contributed by atoms with Gasteiger partial charge >= 0.3 is 0 Å². The van der Waals surface area contributed by atoms with Crippen molar-refractivity contribution in [1.82, 2.24) is 10.2 Å². The van der Waals surface area contributed by atoms with Crippen molar-refractivity contribution >= 4 is 62.3 Å². The molecule has 0 heterocycles. The smallest absolute Gasteiger partial charge is 0.264 e. The maximum absolute atomic E-state index is 14.2. The van der Waals surface area contributed by atoms with E-state index in [0.29, 0.717) is 39.3 Å². The Labute approximate surface area is 267 Å². The Kier molecular flexibility index (Phi) is 12.4. The summed E-state index contributed by atoms with van der Waals surface area (Å²) in [4.78, 5) is 28.6. The lowest BCUT2D eigenvalue weighted by Gasteiger charge is -2.33. The summed E-state index contributed by atoms with van der Waals surface area (Å²) in [7, 11) is -1.53. The number of methoxy groups -OCH3 is 2. The lowest BCUT2D eigenvalue weighted by atomic mass is 10.1. The fourth-order valence-corrected chi connectivity index (χ4v) is 6.45. The third-order valence-corrected chi connectivity index (χ3v) is 9.39. The topological polar surface area (TPSA) is 105 Å². The zero-order valence-corrected chi connectivity index (χ0v) is 27.4. The second kappa shape index (κ2) is 15.5. The lowest BCUT2D eigenvalue weighted by Crippen LogP contribution is -2.52. The molecule has 0 aliphatic carbocycles. The van der Waals surface area contributed by atoms with Gasteiger partial charge in [-0.25, -0.2) is 8.42 Å². The van der Waals surface area contributed by atoms with Gasteiger partial charge < -0.3 is 19.7 Å². The SMILES string of the molecule is CCCNC(=O)[C@@H](CC)N(Cc1c(Cl)cccc1Cl)C(=O)CN(c1ccc(Cl)cc1)S(=O)(=O)c1ccc(OC)c(OC)c1. The van der Waals surface area contributed by atoms with E-state index in [1.807, 2.05) is 6.92 Å². The average Bonchev–Trinajstić information content (AvgIpc) is 2.99. The van der Waals surface area contributed by atoms with Crippen molar-refractivity contribution in [3.8, 4) is 11.5 Å². The van der Waals surface area contributed by atoms with E-state index in [1.54, 1.807) is 25.1 Å². The summed E-state index contributed by atoms with van der Waals surface area (Å²) < 4.78 is 39.8. The van der Waals surface area contributed by atoms with Crippen molar-refractivity contribution in [2.75, 3.05) is 31.6 Å². The molecule has 9 nitrogen and oxygen atoms in total. The van der Waals surface area contributed by atoms with Crippen LogP contribution in [-0.2, 0) is 26.2 Å². The van der Waals surface area contributed by atoms with Gasteiger partial charge in [-0.2, -0.15) is 0 Å². The molecule has 0 saturated carbocycles. The van der Waals surface area contributed by atoms with Gasteiger partial charge in [0, 0.05) is 39.8 Å². The van der Waals surface area contributed by atoms with Gasteiger partial charge in [0.05, 0.1) is 24.8 Å². The first-order chi connectivity index (χ1) is 20.5. The van der Waals surface area contributed by atoms with E-state index >= 15 is 0 Å². The molecule has 0 bridgehead atoms. The molecule has 2 amide bonds. The van der Waals surface area contributed by atoms with E-state index in [4.69, 9.17) is 44.3 Å². The molecule has 0 fully saturated rings. The number of halogens is 3. The highest BCUT2D eigenvalue weighted by atomic mass is 35.5. The van der Waals surface area contributed by atoms with Crippen molar-refractivity contribution in [3.63, 3.8) is 0 Å². The van der Waals surface area contributed by atoms with Crippen LogP contribution in [0.2, 0.25) is 15.1 Å². The molecule has 3 aromatic rings. The molecule has 232 valence electrons. The number of sulfonamides is 1. The first kappa shape index (κ1) is 34.3. The van der Waals surface area contributed by atoms with E-state index in [1.165, 1.54) is 61.6 Å². The monoisotopic (exact) mass is 669 g/mol. The third kappa shape index (κ3) is 8.26. The predicted molar refractivity (Wildman–Crippen MR) is 170 cm³/mol. The number of carbonyl (C=O) groups excluding carboxylic acids is 2. The van der Waals surface area contributed by atoms with Crippen molar-refractivity contribution in [1.29, 1.82) is 0 Å². The summed E-state index contributed by atoms with van der Waals surface area (Å²) in [5, 5.41) is 3.83. The van der Waals surface area contributed by atoms with E-state index in [0.717, 1.165) is 4.31 Å². The van der Waals surface area contributed by atoms with Crippen LogP contribution in [0.25, 0.3) is 0 Å². The summed E-state index contributed by atoms with van der Waals surface area (Å²) in [5.41, 5.74) is 0.619. The van der Waals surface area contributed by atoms with Gasteiger partial charge in [0.2, 0.25) is 11.8 Å². The molecular formula is C30H34Cl3N3O6S. The standard InChI is InChI=1S/C30H34Cl3N3O6S/c1-5-16-34-30(38)26(6-2)35(18-23-24(32)8-7-9-25(23)33)29(37)19-36(21-12-10-20(31)11-13-21)43(39,40)22-14-15-27(41-3)28(17-22)42-4/h7-15,17,26H,5-6,16,18-19H2,1-4H3,(H,34,38)/t26-/m1/s1. The third-order valence-electron chi connectivity index (χ3n) is 6.66. The van der Waals surface area contributed by atoms with Crippen LogP contribution < -0.4 is 19.1 Å². The quantitative estimate of drug-likeness (QED) is 0.219. The number of rotatable bonds is 14. The van der Waals surface area contributed by atoms with Crippen LogP contribution >= 0.6 is 34.8 Å². The van der Waals surface area contributed by atoms with Crippen molar-refractivity contribution in [2.24, 2.45) is 0 Å². The van der Waals surface area contributed by atoms with E-state index in [2.05, 4.69) is 5.32 Å². The minimum atomic E-state index is -4.35. The highest BCUT2D eigenvalue weighted by Gasteiger charge is 2.34. The maximum Gasteiger partial charge on any atom is 0.264 e. The number of benzene rings is 3.